The van der Waals surface area contributed by atoms with Crippen molar-refractivity contribution in [3.05, 3.63) is 59.4 Å². The van der Waals surface area contributed by atoms with Gasteiger partial charge in [0.05, 0.1) is 19.1 Å². The number of amides is 1. The van der Waals surface area contributed by atoms with Gasteiger partial charge in [0.25, 0.3) is 5.91 Å². The van der Waals surface area contributed by atoms with Crippen LogP contribution in [-0.2, 0) is 0 Å². The molecule has 140 valence electrons. The summed E-state index contributed by atoms with van der Waals surface area (Å²) in [5.74, 6) is 0.742. The van der Waals surface area contributed by atoms with Crippen molar-refractivity contribution in [2.75, 3.05) is 20.2 Å². The van der Waals surface area contributed by atoms with E-state index in [9.17, 15) is 14.0 Å². The number of carbonyl (C=O) groups excluding carboxylic acids is 2. The van der Waals surface area contributed by atoms with Crippen LogP contribution in [0.2, 0.25) is 0 Å². The van der Waals surface area contributed by atoms with Crippen molar-refractivity contribution in [1.82, 2.24) is 4.90 Å². The van der Waals surface area contributed by atoms with Crippen molar-refractivity contribution in [1.29, 1.82) is 0 Å². The minimum atomic E-state index is -0.571. The highest BCUT2D eigenvalue weighted by molar-refractivity contribution is 6.01. The van der Waals surface area contributed by atoms with Crippen LogP contribution < -0.4 is 9.47 Å². The third kappa shape index (κ3) is 3.27. The molecule has 0 aliphatic carbocycles. The molecule has 0 radical (unpaired) electrons. The van der Waals surface area contributed by atoms with Gasteiger partial charge in [-0.3, -0.25) is 9.59 Å². The number of fused-ring (bicyclic) bond motifs is 1. The van der Waals surface area contributed by atoms with Crippen molar-refractivity contribution in [2.45, 2.75) is 24.9 Å². The Morgan fingerprint density at radius 3 is 2.52 bits per heavy atom. The number of benzene rings is 2. The SMILES string of the molecule is COc1ccc2c(c1)C(=O)CC1(CCN(C(=O)c3ccc(F)cc3)CC1)O2. The molecular weight excluding hydrogens is 349 g/mol. The lowest BCUT2D eigenvalue weighted by molar-refractivity contribution is -0.00576. The second kappa shape index (κ2) is 6.68. The Bertz CT molecular complexity index is 886. The van der Waals surface area contributed by atoms with Crippen molar-refractivity contribution >= 4 is 11.7 Å². The van der Waals surface area contributed by atoms with Crippen LogP contribution >= 0.6 is 0 Å². The highest BCUT2D eigenvalue weighted by Crippen LogP contribution is 2.40. The summed E-state index contributed by atoms with van der Waals surface area (Å²) in [5.41, 5.74) is 0.438. The minimum absolute atomic E-state index is 0.0356. The minimum Gasteiger partial charge on any atom is -0.497 e. The molecule has 1 saturated heterocycles. The van der Waals surface area contributed by atoms with Crippen LogP contribution in [0.3, 0.4) is 0 Å². The van der Waals surface area contributed by atoms with Gasteiger partial charge in [-0.15, -0.1) is 0 Å². The number of piperidine rings is 1. The van der Waals surface area contributed by atoms with Crippen LogP contribution in [0.1, 0.15) is 40.0 Å². The molecule has 0 bridgehead atoms. The third-order valence-electron chi connectivity index (χ3n) is 5.35. The van der Waals surface area contributed by atoms with Crippen LogP contribution in [0.15, 0.2) is 42.5 Å². The van der Waals surface area contributed by atoms with Gasteiger partial charge >= 0.3 is 0 Å². The van der Waals surface area contributed by atoms with Crippen LogP contribution in [0.5, 0.6) is 11.5 Å². The second-order valence-corrected chi connectivity index (χ2v) is 7.05. The van der Waals surface area contributed by atoms with E-state index in [4.69, 9.17) is 9.47 Å². The number of ketones is 1. The molecule has 1 fully saturated rings. The molecule has 1 amide bonds. The first-order chi connectivity index (χ1) is 13.0. The van der Waals surface area contributed by atoms with Crippen molar-refractivity contribution in [3.8, 4) is 11.5 Å². The molecule has 1 spiro atoms. The van der Waals surface area contributed by atoms with E-state index in [1.165, 1.54) is 24.3 Å². The first-order valence-corrected chi connectivity index (χ1v) is 8.95. The number of ether oxygens (including phenoxy) is 2. The maximum atomic E-state index is 13.1. The number of hydrogen-bond donors (Lipinski definition) is 0. The summed E-state index contributed by atoms with van der Waals surface area (Å²) < 4.78 is 24.5. The highest BCUT2D eigenvalue weighted by atomic mass is 19.1. The number of likely N-dealkylation sites (tertiary alicyclic amines) is 1. The maximum Gasteiger partial charge on any atom is 0.253 e. The molecular formula is C21H20FNO4. The summed E-state index contributed by atoms with van der Waals surface area (Å²) in [4.78, 5) is 27.0. The molecule has 0 N–H and O–H groups in total. The molecule has 2 heterocycles. The molecule has 2 aliphatic heterocycles. The van der Waals surface area contributed by atoms with Gasteiger partial charge in [0, 0.05) is 31.5 Å². The molecule has 0 unspecified atom stereocenters. The normalized spacial score (nSPS) is 18.0. The number of halogens is 1. The Morgan fingerprint density at radius 2 is 1.85 bits per heavy atom. The molecule has 5 nitrogen and oxygen atoms in total. The van der Waals surface area contributed by atoms with Crippen LogP contribution in [0.4, 0.5) is 4.39 Å². The van der Waals surface area contributed by atoms with Gasteiger partial charge < -0.3 is 14.4 Å². The largest absolute Gasteiger partial charge is 0.497 e. The molecule has 0 saturated carbocycles. The second-order valence-electron chi connectivity index (χ2n) is 7.05. The molecule has 2 aliphatic rings. The summed E-state index contributed by atoms with van der Waals surface area (Å²) >= 11 is 0. The number of Topliss-reactive ketones (excluding diaryl/α,β-unsaturated/α-hetero) is 1. The highest BCUT2D eigenvalue weighted by Gasteiger charge is 2.43. The van der Waals surface area contributed by atoms with Crippen molar-refractivity contribution in [3.63, 3.8) is 0 Å². The fourth-order valence-electron chi connectivity index (χ4n) is 3.77. The van der Waals surface area contributed by atoms with E-state index in [0.29, 0.717) is 55.0 Å². The Labute approximate surface area is 156 Å². The predicted octanol–water partition coefficient (Wildman–Crippen LogP) is 3.47. The first kappa shape index (κ1) is 17.5. The van der Waals surface area contributed by atoms with Gasteiger partial charge in [0.15, 0.2) is 5.78 Å². The summed E-state index contributed by atoms with van der Waals surface area (Å²) in [7, 11) is 1.56. The Balaban J connectivity index is 1.47. The number of nitrogens with zero attached hydrogens (tertiary/aromatic N) is 1. The third-order valence-corrected chi connectivity index (χ3v) is 5.35. The molecule has 6 heteroatoms. The predicted molar refractivity (Wildman–Crippen MR) is 96.8 cm³/mol. The van der Waals surface area contributed by atoms with Crippen molar-refractivity contribution in [2.24, 2.45) is 0 Å². The Kier molecular flexibility index (Phi) is 4.34. The molecule has 27 heavy (non-hydrogen) atoms. The van der Waals surface area contributed by atoms with Crippen LogP contribution in [0, 0.1) is 5.82 Å². The summed E-state index contributed by atoms with van der Waals surface area (Å²) in [5, 5.41) is 0. The first-order valence-electron chi connectivity index (χ1n) is 8.95. The van der Waals surface area contributed by atoms with Gasteiger partial charge in [-0.25, -0.2) is 4.39 Å². The zero-order valence-corrected chi connectivity index (χ0v) is 15.0. The Hall–Kier alpha value is -2.89. The average Bonchev–Trinajstić information content (AvgIpc) is 2.68. The topological polar surface area (TPSA) is 55.8 Å². The van der Waals surface area contributed by atoms with E-state index >= 15 is 0 Å². The molecule has 0 atom stereocenters. The van der Waals surface area contributed by atoms with Gasteiger partial charge in [0.2, 0.25) is 0 Å². The molecule has 0 aromatic heterocycles. The Morgan fingerprint density at radius 1 is 1.15 bits per heavy atom. The quantitative estimate of drug-likeness (QED) is 0.813. The number of methoxy groups -OCH3 is 1. The standard InChI is InChI=1S/C21H20FNO4/c1-26-16-6-7-19-17(12-16)18(24)13-21(27-19)8-10-23(11-9-21)20(25)14-2-4-15(22)5-3-14/h2-7,12H,8-11,13H2,1H3. The zero-order chi connectivity index (χ0) is 19.0. The van der Waals surface area contributed by atoms with Gasteiger partial charge in [-0.1, -0.05) is 0 Å². The molecule has 4 rings (SSSR count). The summed E-state index contributed by atoms with van der Waals surface area (Å²) in [6.07, 6.45) is 1.46. The number of carbonyl (C=O) groups is 2. The average molecular weight is 369 g/mol. The lowest BCUT2D eigenvalue weighted by Gasteiger charge is -2.44. The lowest BCUT2D eigenvalue weighted by atomic mass is 9.82. The fourth-order valence-corrected chi connectivity index (χ4v) is 3.77. The summed E-state index contributed by atoms with van der Waals surface area (Å²) in [6, 6.07) is 10.8. The van der Waals surface area contributed by atoms with E-state index < -0.39 is 5.60 Å². The zero-order valence-electron chi connectivity index (χ0n) is 15.0. The van der Waals surface area contributed by atoms with E-state index in [0.717, 1.165) is 0 Å². The van der Waals surface area contributed by atoms with E-state index in [1.54, 1.807) is 30.2 Å². The smallest absolute Gasteiger partial charge is 0.253 e. The van der Waals surface area contributed by atoms with Gasteiger partial charge in [0.1, 0.15) is 22.9 Å². The van der Waals surface area contributed by atoms with Crippen LogP contribution in [0.25, 0.3) is 0 Å². The molecule has 2 aromatic carbocycles. The molecule has 2 aromatic rings. The summed E-state index contributed by atoms with van der Waals surface area (Å²) in [6.45, 7) is 0.990. The lowest BCUT2D eigenvalue weighted by Crippen LogP contribution is -2.52. The number of hydrogen-bond acceptors (Lipinski definition) is 4. The maximum absolute atomic E-state index is 13.1. The van der Waals surface area contributed by atoms with Crippen molar-refractivity contribution < 1.29 is 23.5 Å². The van der Waals surface area contributed by atoms with Gasteiger partial charge in [-0.05, 0) is 42.5 Å². The van der Waals surface area contributed by atoms with Crippen LogP contribution in [-0.4, -0.2) is 42.4 Å². The van der Waals surface area contributed by atoms with E-state index in [1.807, 2.05) is 0 Å². The number of rotatable bonds is 2. The van der Waals surface area contributed by atoms with E-state index in [2.05, 4.69) is 0 Å². The fraction of sp³-hybridized carbons (Fsp3) is 0.333. The van der Waals surface area contributed by atoms with Gasteiger partial charge in [-0.2, -0.15) is 0 Å². The monoisotopic (exact) mass is 369 g/mol. The van der Waals surface area contributed by atoms with E-state index in [-0.39, 0.29) is 17.5 Å².